The molecule has 1 aromatic heterocycles. The highest BCUT2D eigenvalue weighted by Crippen LogP contribution is 2.21. The molecule has 135 heavy (non-hydrogen) atoms. The average molecular weight is 1900 g/mol. The van der Waals surface area contributed by atoms with E-state index in [2.05, 4.69) is 100 Å². The van der Waals surface area contributed by atoms with E-state index in [-0.39, 0.29) is 111 Å². The van der Waals surface area contributed by atoms with Crippen LogP contribution in [0.15, 0.2) is 110 Å². The lowest BCUT2D eigenvalue weighted by molar-refractivity contribution is -0.138. The van der Waals surface area contributed by atoms with Gasteiger partial charge in [-0.05, 0) is 133 Å². The number of aromatic hydroxyl groups is 4. The molecule has 1 fully saturated rings. The van der Waals surface area contributed by atoms with Crippen molar-refractivity contribution in [1.29, 1.82) is 10.8 Å². The van der Waals surface area contributed by atoms with Crippen LogP contribution in [0.4, 0.5) is 0 Å². The first-order valence-corrected chi connectivity index (χ1v) is 44.9. The molecule has 0 aliphatic carbocycles. The van der Waals surface area contributed by atoms with Crippen LogP contribution in [-0.4, -0.2) is 265 Å². The van der Waals surface area contributed by atoms with Crippen molar-refractivity contribution >= 4 is 124 Å². The number of amides is 16. The first kappa shape index (κ1) is 109. The number of carbonyl (C=O) groups excluding carboxylic acids is 16. The Morgan fingerprint density at radius 1 is 0.430 bits per heavy atom. The molecule has 1 aliphatic rings. The maximum Gasteiger partial charge on any atom is 0.303 e. The van der Waals surface area contributed by atoms with Gasteiger partial charge in [0, 0.05) is 63.6 Å². The van der Waals surface area contributed by atoms with Crippen LogP contribution in [-0.2, 0) is 114 Å². The zero-order valence-electron chi connectivity index (χ0n) is 75.7. The van der Waals surface area contributed by atoms with Crippen molar-refractivity contribution in [3.05, 3.63) is 138 Å². The number of carbonyl (C=O) groups is 17. The van der Waals surface area contributed by atoms with Crippen molar-refractivity contribution in [2.75, 3.05) is 44.2 Å². The molecule has 31 N–H and O–H groups in total. The summed E-state index contributed by atoms with van der Waals surface area (Å²) in [7, 11) is 0. The number of thioether (sulfide) groups is 1. The molecule has 46 nitrogen and oxygen atoms in total. The van der Waals surface area contributed by atoms with Crippen LogP contribution in [0.5, 0.6) is 23.0 Å². The van der Waals surface area contributed by atoms with E-state index in [9.17, 15) is 73.5 Å². The minimum Gasteiger partial charge on any atom is -0.508 e. The number of benzene rings is 4. The number of phenolic OH excluding ortho intramolecular Hbond substituents is 4. The summed E-state index contributed by atoms with van der Waals surface area (Å²) >= 11 is 0.719. The van der Waals surface area contributed by atoms with Crippen LogP contribution in [0, 0.1) is 28.6 Å². The zero-order chi connectivity index (χ0) is 99.5. The smallest absolute Gasteiger partial charge is 0.303 e. The molecule has 0 radical (unpaired) electrons. The van der Waals surface area contributed by atoms with Gasteiger partial charge in [0.05, 0.1) is 37.4 Å². The molecule has 1 saturated heterocycles. The lowest BCUT2D eigenvalue weighted by atomic mass is 9.95. The predicted molar refractivity (Wildman–Crippen MR) is 492 cm³/mol. The minimum atomic E-state index is -1.73. The predicted octanol–water partition coefficient (Wildman–Crippen LogP) is -4.33. The number of carboxylic acids is 1. The van der Waals surface area contributed by atoms with Gasteiger partial charge in [-0.25, -0.2) is 4.98 Å². The number of aromatic amines is 1. The Balaban J connectivity index is 1.48. The Labute approximate surface area is 782 Å². The Bertz CT molecular complexity index is 4900. The van der Waals surface area contributed by atoms with Gasteiger partial charge >= 0.3 is 5.97 Å². The van der Waals surface area contributed by atoms with Gasteiger partial charge in [-0.2, -0.15) is 0 Å². The van der Waals surface area contributed by atoms with Crippen LogP contribution < -0.4 is 108 Å². The van der Waals surface area contributed by atoms with E-state index in [0.717, 1.165) is 11.8 Å². The second-order valence-corrected chi connectivity index (χ2v) is 34.3. The second-order valence-electron chi connectivity index (χ2n) is 33.3. The molecule has 4 aromatic carbocycles. The Hall–Kier alpha value is -14.8. The number of nitrogens with one attached hydrogen (secondary N) is 20. The number of aliphatic carboxylic acids is 1. The first-order chi connectivity index (χ1) is 64.0. The second kappa shape index (κ2) is 55.5. The number of aromatic nitrogens is 2. The van der Waals surface area contributed by atoms with Crippen LogP contribution in [0.2, 0.25) is 0 Å². The summed E-state index contributed by atoms with van der Waals surface area (Å²) < 4.78 is 0. The molecule has 0 unspecified atom stereocenters. The molecule has 0 saturated carbocycles. The lowest BCUT2D eigenvalue weighted by Crippen LogP contribution is -2.62. The third kappa shape index (κ3) is 40.0. The number of nitrogens with two attached hydrogens (primary N) is 3. The lowest BCUT2D eigenvalue weighted by Gasteiger charge is -2.30. The minimum absolute atomic E-state index is 0.00507. The summed E-state index contributed by atoms with van der Waals surface area (Å²) in [6.07, 6.45) is -1.17. The molecule has 0 bridgehead atoms. The number of H-pyrrole nitrogens is 1. The molecule has 47 heteroatoms. The summed E-state index contributed by atoms with van der Waals surface area (Å²) in [4.78, 5) is 251. The summed E-state index contributed by atoms with van der Waals surface area (Å²) in [5.74, 6) is -21.9. The standard InChI is InChI=1S/C88H124N24O22S/c1-7-48(6)74-86(134)111-62(33-47(4)5)81(129)107-63(34-49-12-20-54(113)21-13-49)76(124)99-41-70(118)101-60(28-29-73(121)122)79(127)106-61(32-46(2)3)75(123)98-42-71(119)103-68(77(125)97-40-69(89)117)43-135-44-72(120)102-64(35-50-14-22-55(114)23-15-50)82(130)110-67(38-53-39-94-45-100-53)85(133)104-58(10-8-30-95-87(90)91)78(126)108-66(37-52-18-26-57(116)27-19-52)84(132)109-65(36-51-16-24-56(115)25-17-51)83(131)105-59(80(128)112-74)11-9-31-96-88(92)93/h12-27,39,45-48,58-68,74,113-116H,7-11,28-38,40-44H2,1-6H3,(H2,89,117)(H,94,100)(H,97,125)(H,98,123)(H,99,124)(H,101,118)(H,102,120)(H,103,119)(H,104,133)(H,105,131)(H,106,127)(H,107,129)(H,108,126)(H,109,132)(H,110,130)(H,111,134)(H,112,128)(H,121,122)(H4,90,91,95)(H4,92,93,96)/t48-,58-,59-,60-,61-,62-,63-,64-,65-,66-,67-,68-,74-/m0/s1. The number of imidazole rings is 1. The molecule has 734 valence electrons. The number of guanidine groups is 2. The maximum atomic E-state index is 15.5. The topological polar surface area (TPSA) is 750 Å². The molecule has 5 aromatic rings. The molecule has 0 spiro atoms. The summed E-state index contributed by atoms with van der Waals surface area (Å²) in [6, 6.07) is 2.31. The van der Waals surface area contributed by atoms with Crippen molar-refractivity contribution in [3.8, 4) is 23.0 Å². The highest BCUT2D eigenvalue weighted by atomic mass is 32.2. The van der Waals surface area contributed by atoms with Gasteiger partial charge in [0.15, 0.2) is 11.9 Å². The van der Waals surface area contributed by atoms with Crippen molar-refractivity contribution in [3.63, 3.8) is 0 Å². The fourth-order valence-electron chi connectivity index (χ4n) is 13.8. The van der Waals surface area contributed by atoms with Gasteiger partial charge in [0.25, 0.3) is 0 Å². The maximum absolute atomic E-state index is 15.5. The Morgan fingerprint density at radius 3 is 1.16 bits per heavy atom. The summed E-state index contributed by atoms with van der Waals surface area (Å²) in [5, 5.41) is 110. The van der Waals surface area contributed by atoms with E-state index in [4.69, 9.17) is 28.0 Å². The third-order valence-electron chi connectivity index (χ3n) is 21.1. The molecular weight excluding hydrogens is 1780 g/mol. The van der Waals surface area contributed by atoms with Gasteiger partial charge in [-0.1, -0.05) is 96.5 Å². The van der Waals surface area contributed by atoms with Gasteiger partial charge in [0.1, 0.15) is 95.5 Å². The van der Waals surface area contributed by atoms with E-state index in [0.29, 0.717) is 22.3 Å². The quantitative estimate of drug-likeness (QED) is 0.0117. The fourth-order valence-corrected chi connectivity index (χ4v) is 14.7. The first-order valence-electron chi connectivity index (χ1n) is 43.8. The fraction of sp³-hybridized carbons (Fsp3) is 0.477. The number of phenols is 4. The normalized spacial score (nSPS) is 22.0. The largest absolute Gasteiger partial charge is 0.508 e. The van der Waals surface area contributed by atoms with Crippen LogP contribution in [0.1, 0.15) is 127 Å². The van der Waals surface area contributed by atoms with E-state index in [1.54, 1.807) is 41.5 Å². The number of rotatable bonds is 30. The molecule has 2 heterocycles. The Morgan fingerprint density at radius 2 is 0.770 bits per heavy atom. The number of hydrogen-bond acceptors (Lipinski definition) is 25. The number of carboxylic acid groups (broad SMARTS) is 1. The zero-order valence-corrected chi connectivity index (χ0v) is 76.5. The molecular formula is C88H124N24O22S. The van der Waals surface area contributed by atoms with Gasteiger partial charge < -0.3 is 138 Å². The monoisotopic (exact) mass is 1900 g/mol. The molecule has 13 atom stereocenters. The van der Waals surface area contributed by atoms with E-state index in [1.807, 2.05) is 0 Å². The molecule has 6 rings (SSSR count). The highest BCUT2D eigenvalue weighted by molar-refractivity contribution is 8.00. The number of nitrogens with zero attached hydrogens (tertiary/aromatic N) is 1. The third-order valence-corrected chi connectivity index (χ3v) is 22.2. The van der Waals surface area contributed by atoms with Crippen LogP contribution >= 0.6 is 11.8 Å². The van der Waals surface area contributed by atoms with Crippen molar-refractivity contribution < 1.29 is 107 Å². The number of hydrogen-bond donors (Lipinski definition) is 28. The van der Waals surface area contributed by atoms with E-state index in [1.165, 1.54) is 110 Å². The Kier molecular flexibility index (Phi) is 44.8. The average Bonchev–Trinajstić information content (AvgIpc) is 1.07. The van der Waals surface area contributed by atoms with Gasteiger partial charge in [0.2, 0.25) is 94.5 Å². The van der Waals surface area contributed by atoms with E-state index >= 15 is 33.6 Å². The SMILES string of the molecule is CC[C@H](C)[C@@H]1NC(=O)[C@H](CCCNC(=N)N)NC(=O)[C@H](Cc2ccc(O)cc2)NC(=O)[C@H](Cc2ccc(O)cc2)NC(=O)[C@H](CCCNC(=N)N)NC(=O)[C@H](Cc2c[nH]cn2)NC(=O)[C@H](Cc2ccc(O)cc2)NC(=O)CSC[C@@H](C(=O)NCC(N)=O)NC(=O)CNC(=O)[C@H](CC(C)C)NC(=O)[C@H](CCC(=O)O)NC(=O)CNC(=O)[C@H](Cc2ccc(O)cc2)NC(=O)[C@H](CC(C)C)NC1=O. The van der Waals surface area contributed by atoms with Crippen LogP contribution in [0.25, 0.3) is 0 Å². The molecule has 1 aliphatic heterocycles. The van der Waals surface area contributed by atoms with Crippen molar-refractivity contribution in [1.82, 2.24) is 100 Å². The summed E-state index contributed by atoms with van der Waals surface area (Å²) in [6.45, 7) is 7.38. The number of primary amides is 1. The van der Waals surface area contributed by atoms with Crippen LogP contribution in [0.3, 0.4) is 0 Å². The van der Waals surface area contributed by atoms with Crippen molar-refractivity contribution in [2.45, 2.75) is 204 Å². The summed E-state index contributed by atoms with van der Waals surface area (Å²) in [5.41, 5.74) is 18.1. The van der Waals surface area contributed by atoms with Gasteiger partial charge in [-0.3, -0.25) is 92.3 Å². The van der Waals surface area contributed by atoms with Crippen molar-refractivity contribution in [2.24, 2.45) is 35.0 Å². The molecule has 16 amide bonds. The van der Waals surface area contributed by atoms with Gasteiger partial charge in [-0.15, -0.1) is 11.8 Å². The highest BCUT2D eigenvalue weighted by Gasteiger charge is 2.39. The van der Waals surface area contributed by atoms with E-state index < -0.39 is 254 Å².